The zero-order valence-corrected chi connectivity index (χ0v) is 13.0. The highest BCUT2D eigenvalue weighted by atomic mass is 16.5. The fourth-order valence-corrected chi connectivity index (χ4v) is 3.45. The maximum absolute atomic E-state index is 5.48. The maximum atomic E-state index is 5.48. The first-order valence-electron chi connectivity index (χ1n) is 8.12. The van der Waals surface area contributed by atoms with E-state index in [1.54, 1.807) is 7.11 Å². The Kier molecular flexibility index (Phi) is 4.81. The Hall–Kier alpha value is -1.48. The largest absolute Gasteiger partial charge is 0.495 e. The second kappa shape index (κ2) is 6.99. The first-order valence-corrected chi connectivity index (χ1v) is 8.12. The van der Waals surface area contributed by atoms with Gasteiger partial charge < -0.3 is 9.64 Å². The summed E-state index contributed by atoms with van der Waals surface area (Å²) in [5, 5.41) is 0. The molecule has 2 aliphatic rings. The van der Waals surface area contributed by atoms with Gasteiger partial charge in [0.2, 0.25) is 0 Å². The van der Waals surface area contributed by atoms with Crippen LogP contribution in [0.25, 0.3) is 0 Å². The Bertz CT molecular complexity index is 478. The standard InChI is InChI=1S/C18H26N2O/c1-21-18-10-6-5-9-17(18)20-13-11-19(12-14-20)15-16-7-3-2-4-8-16/h2-3,5-6,9-10,16H,4,7-8,11-15H2,1H3. The molecule has 1 heterocycles. The Morgan fingerprint density at radius 3 is 2.62 bits per heavy atom. The summed E-state index contributed by atoms with van der Waals surface area (Å²) in [5.41, 5.74) is 1.24. The third-order valence-electron chi connectivity index (χ3n) is 4.69. The number of methoxy groups -OCH3 is 1. The molecule has 1 fully saturated rings. The smallest absolute Gasteiger partial charge is 0.142 e. The number of nitrogens with zero attached hydrogens (tertiary/aromatic N) is 2. The second-order valence-electron chi connectivity index (χ2n) is 6.11. The van der Waals surface area contributed by atoms with Crippen LogP contribution in [0.4, 0.5) is 5.69 Å². The van der Waals surface area contributed by atoms with E-state index in [4.69, 9.17) is 4.74 Å². The molecule has 1 saturated heterocycles. The van der Waals surface area contributed by atoms with Crippen molar-refractivity contribution in [1.82, 2.24) is 4.90 Å². The summed E-state index contributed by atoms with van der Waals surface area (Å²) in [5.74, 6) is 1.86. The van der Waals surface area contributed by atoms with Crippen LogP contribution in [0.5, 0.6) is 5.75 Å². The molecular formula is C18H26N2O. The molecule has 1 unspecified atom stereocenters. The van der Waals surface area contributed by atoms with E-state index in [0.29, 0.717) is 0 Å². The number of benzene rings is 1. The Morgan fingerprint density at radius 1 is 1.10 bits per heavy atom. The Balaban J connectivity index is 1.54. The van der Waals surface area contributed by atoms with E-state index in [-0.39, 0.29) is 0 Å². The molecule has 0 aromatic heterocycles. The van der Waals surface area contributed by atoms with Gasteiger partial charge >= 0.3 is 0 Å². The molecule has 1 aromatic rings. The molecule has 114 valence electrons. The summed E-state index contributed by atoms with van der Waals surface area (Å²) in [6.45, 7) is 5.80. The van der Waals surface area contributed by atoms with Gasteiger partial charge in [0.05, 0.1) is 12.8 Å². The minimum atomic E-state index is 0.868. The lowest BCUT2D eigenvalue weighted by Gasteiger charge is -2.38. The van der Waals surface area contributed by atoms with Gasteiger partial charge in [-0.2, -0.15) is 0 Å². The van der Waals surface area contributed by atoms with Crippen molar-refractivity contribution in [3.63, 3.8) is 0 Å². The molecule has 1 aliphatic heterocycles. The lowest BCUT2D eigenvalue weighted by atomic mass is 9.94. The summed E-state index contributed by atoms with van der Waals surface area (Å²) < 4.78 is 5.48. The van der Waals surface area contributed by atoms with Crippen molar-refractivity contribution in [3.8, 4) is 5.75 Å². The summed E-state index contributed by atoms with van der Waals surface area (Å²) >= 11 is 0. The third kappa shape index (κ3) is 3.59. The first kappa shape index (κ1) is 14.5. The Labute approximate surface area is 128 Å². The molecule has 21 heavy (non-hydrogen) atoms. The van der Waals surface area contributed by atoms with Crippen LogP contribution in [0.15, 0.2) is 36.4 Å². The number of rotatable bonds is 4. The SMILES string of the molecule is COc1ccccc1N1CCN(CC2CC=CCC2)CC1. The molecular weight excluding hydrogens is 260 g/mol. The lowest BCUT2D eigenvalue weighted by molar-refractivity contribution is 0.211. The maximum Gasteiger partial charge on any atom is 0.142 e. The molecule has 3 heteroatoms. The molecule has 0 radical (unpaired) electrons. The second-order valence-corrected chi connectivity index (χ2v) is 6.11. The van der Waals surface area contributed by atoms with Gasteiger partial charge in [-0.3, -0.25) is 4.90 Å². The van der Waals surface area contributed by atoms with Crippen LogP contribution in [0, 0.1) is 5.92 Å². The molecule has 0 saturated carbocycles. The van der Waals surface area contributed by atoms with Crippen molar-refractivity contribution < 1.29 is 4.74 Å². The number of para-hydroxylation sites is 2. The van der Waals surface area contributed by atoms with E-state index in [9.17, 15) is 0 Å². The van der Waals surface area contributed by atoms with Crippen LogP contribution in [0.3, 0.4) is 0 Å². The topological polar surface area (TPSA) is 15.7 Å². The van der Waals surface area contributed by atoms with Gasteiger partial charge in [-0.1, -0.05) is 24.3 Å². The van der Waals surface area contributed by atoms with Gasteiger partial charge in [-0.15, -0.1) is 0 Å². The van der Waals surface area contributed by atoms with E-state index in [2.05, 4.69) is 40.2 Å². The van der Waals surface area contributed by atoms with Crippen molar-refractivity contribution in [3.05, 3.63) is 36.4 Å². The fraction of sp³-hybridized carbons (Fsp3) is 0.556. The zero-order valence-electron chi connectivity index (χ0n) is 13.0. The highest BCUT2D eigenvalue weighted by molar-refractivity contribution is 5.58. The molecule has 1 aliphatic carbocycles. The summed E-state index contributed by atoms with van der Waals surface area (Å²) in [6, 6.07) is 8.35. The number of piperazine rings is 1. The Morgan fingerprint density at radius 2 is 1.90 bits per heavy atom. The van der Waals surface area contributed by atoms with Crippen molar-refractivity contribution in [2.45, 2.75) is 19.3 Å². The average molecular weight is 286 g/mol. The van der Waals surface area contributed by atoms with Crippen LogP contribution in [-0.4, -0.2) is 44.7 Å². The van der Waals surface area contributed by atoms with Gasteiger partial charge in [0.15, 0.2) is 0 Å². The predicted molar refractivity (Wildman–Crippen MR) is 88.1 cm³/mol. The molecule has 3 nitrogen and oxygen atoms in total. The lowest BCUT2D eigenvalue weighted by Crippen LogP contribution is -2.48. The van der Waals surface area contributed by atoms with Crippen molar-refractivity contribution in [2.24, 2.45) is 5.92 Å². The van der Waals surface area contributed by atoms with Crippen LogP contribution in [0.1, 0.15) is 19.3 Å². The van der Waals surface area contributed by atoms with E-state index >= 15 is 0 Å². The highest BCUT2D eigenvalue weighted by Crippen LogP contribution is 2.28. The third-order valence-corrected chi connectivity index (χ3v) is 4.69. The van der Waals surface area contributed by atoms with E-state index < -0.39 is 0 Å². The molecule has 0 N–H and O–H groups in total. The van der Waals surface area contributed by atoms with E-state index in [1.165, 1.54) is 31.5 Å². The van der Waals surface area contributed by atoms with Gasteiger partial charge in [0.1, 0.15) is 5.75 Å². The summed E-state index contributed by atoms with van der Waals surface area (Å²) in [7, 11) is 1.76. The van der Waals surface area contributed by atoms with Crippen LogP contribution >= 0.6 is 0 Å². The van der Waals surface area contributed by atoms with Crippen LogP contribution < -0.4 is 9.64 Å². The molecule has 1 atom stereocenters. The summed E-state index contributed by atoms with van der Waals surface area (Å²) in [6.07, 6.45) is 8.59. The quantitative estimate of drug-likeness (QED) is 0.791. The highest BCUT2D eigenvalue weighted by Gasteiger charge is 2.21. The number of ether oxygens (including phenoxy) is 1. The van der Waals surface area contributed by atoms with Crippen molar-refractivity contribution >= 4 is 5.69 Å². The van der Waals surface area contributed by atoms with Gasteiger partial charge in [0, 0.05) is 32.7 Å². The monoisotopic (exact) mass is 286 g/mol. The van der Waals surface area contributed by atoms with Crippen LogP contribution in [-0.2, 0) is 0 Å². The minimum Gasteiger partial charge on any atom is -0.495 e. The molecule has 1 aromatic carbocycles. The number of hydrogen-bond acceptors (Lipinski definition) is 3. The zero-order chi connectivity index (χ0) is 14.5. The minimum absolute atomic E-state index is 0.868. The molecule has 3 rings (SSSR count). The van der Waals surface area contributed by atoms with Gasteiger partial charge in [0.25, 0.3) is 0 Å². The van der Waals surface area contributed by atoms with Crippen molar-refractivity contribution in [1.29, 1.82) is 0 Å². The molecule has 0 amide bonds. The normalized spacial score (nSPS) is 23.3. The fourth-order valence-electron chi connectivity index (χ4n) is 3.45. The van der Waals surface area contributed by atoms with Crippen LogP contribution in [0.2, 0.25) is 0 Å². The molecule has 0 spiro atoms. The van der Waals surface area contributed by atoms with Crippen molar-refractivity contribution in [2.75, 3.05) is 44.7 Å². The van der Waals surface area contributed by atoms with E-state index in [0.717, 1.165) is 37.8 Å². The van der Waals surface area contributed by atoms with Gasteiger partial charge in [-0.25, -0.2) is 0 Å². The number of allylic oxidation sites excluding steroid dienone is 2. The average Bonchev–Trinajstić information content (AvgIpc) is 2.56. The first-order chi connectivity index (χ1) is 10.4. The summed E-state index contributed by atoms with van der Waals surface area (Å²) in [4.78, 5) is 5.09. The number of anilines is 1. The van der Waals surface area contributed by atoms with Gasteiger partial charge in [-0.05, 0) is 37.3 Å². The van der Waals surface area contributed by atoms with E-state index in [1.807, 2.05) is 6.07 Å². The number of hydrogen-bond donors (Lipinski definition) is 0. The molecule has 0 bridgehead atoms. The predicted octanol–water partition coefficient (Wildman–Crippen LogP) is 3.17.